The molecule has 1 aromatic heterocycles. The molecule has 0 saturated carbocycles. The number of nitrogens with one attached hydrogen (secondary N) is 1. The van der Waals surface area contributed by atoms with Gasteiger partial charge < -0.3 is 4.74 Å². The topological polar surface area (TPSA) is 55.2 Å². The van der Waals surface area contributed by atoms with Crippen molar-refractivity contribution >= 4 is 18.4 Å². The van der Waals surface area contributed by atoms with E-state index in [0.717, 1.165) is 43.0 Å². The molecule has 0 bridgehead atoms. The number of aromatic amines is 1. The molecule has 0 atom stereocenters. The first-order chi connectivity index (χ1) is 12.2. The molecule has 0 aliphatic rings. The van der Waals surface area contributed by atoms with Gasteiger partial charge in [0.2, 0.25) is 4.77 Å². The number of benzene rings is 1. The van der Waals surface area contributed by atoms with E-state index in [9.17, 15) is 0 Å². The first-order valence-corrected chi connectivity index (χ1v) is 9.54. The summed E-state index contributed by atoms with van der Waals surface area (Å²) in [6.45, 7) is 7.26. The summed E-state index contributed by atoms with van der Waals surface area (Å²) in [6.07, 6.45) is 7.32. The van der Waals surface area contributed by atoms with E-state index < -0.39 is 0 Å². The lowest BCUT2D eigenvalue weighted by molar-refractivity contribution is 0.306. The number of ether oxygens (including phenoxy) is 1. The minimum Gasteiger partial charge on any atom is -0.494 e. The van der Waals surface area contributed by atoms with Crippen molar-refractivity contribution in [2.24, 2.45) is 5.10 Å². The predicted octanol–water partition coefficient (Wildman–Crippen LogP) is 5.30. The van der Waals surface area contributed by atoms with Gasteiger partial charge in [0.25, 0.3) is 0 Å². The Hall–Kier alpha value is -1.95. The summed E-state index contributed by atoms with van der Waals surface area (Å²) < 4.78 is 7.98. The van der Waals surface area contributed by atoms with E-state index in [4.69, 9.17) is 17.0 Å². The maximum atomic E-state index is 5.73. The van der Waals surface area contributed by atoms with E-state index in [1.54, 1.807) is 10.9 Å². The molecule has 1 aromatic carbocycles. The molecule has 0 spiro atoms. The highest BCUT2D eigenvalue weighted by Crippen LogP contribution is 2.21. The third kappa shape index (κ3) is 5.53. The molecule has 0 amide bonds. The van der Waals surface area contributed by atoms with Crippen molar-refractivity contribution in [3.05, 3.63) is 40.4 Å². The fourth-order valence-electron chi connectivity index (χ4n) is 2.65. The molecule has 0 aliphatic heterocycles. The summed E-state index contributed by atoms with van der Waals surface area (Å²) in [5, 5.41) is 11.7. The van der Waals surface area contributed by atoms with Crippen LogP contribution in [0.25, 0.3) is 0 Å². The highest BCUT2D eigenvalue weighted by Gasteiger charge is 2.14. The summed E-state index contributed by atoms with van der Waals surface area (Å²) in [7, 11) is 0. The van der Waals surface area contributed by atoms with Gasteiger partial charge in [0.05, 0.1) is 12.8 Å². The summed E-state index contributed by atoms with van der Waals surface area (Å²) in [5.41, 5.74) is 1.000. The van der Waals surface area contributed by atoms with Crippen LogP contribution in [0.15, 0.2) is 29.4 Å². The molecule has 0 saturated heterocycles. The van der Waals surface area contributed by atoms with Crippen LogP contribution in [0.5, 0.6) is 5.75 Å². The van der Waals surface area contributed by atoms with E-state index in [0.29, 0.717) is 10.7 Å². The smallest absolute Gasteiger partial charge is 0.216 e. The molecule has 136 valence electrons. The average Bonchev–Trinajstić information content (AvgIpc) is 3.00. The fraction of sp³-hybridized carbons (Fsp3) is 0.526. The number of hydrogen-bond donors (Lipinski definition) is 1. The summed E-state index contributed by atoms with van der Waals surface area (Å²) in [5.74, 6) is 2.14. The third-order valence-electron chi connectivity index (χ3n) is 4.25. The van der Waals surface area contributed by atoms with E-state index in [2.05, 4.69) is 36.1 Å². The summed E-state index contributed by atoms with van der Waals surface area (Å²) in [6, 6.07) is 7.95. The summed E-state index contributed by atoms with van der Waals surface area (Å²) >= 11 is 5.30. The lowest BCUT2D eigenvalue weighted by Gasteiger charge is -2.10. The molecule has 0 aliphatic carbocycles. The van der Waals surface area contributed by atoms with E-state index in [1.807, 2.05) is 24.3 Å². The van der Waals surface area contributed by atoms with Gasteiger partial charge in [0, 0.05) is 5.92 Å². The number of hydrogen-bond acceptors (Lipinski definition) is 4. The van der Waals surface area contributed by atoms with Crippen LogP contribution in [-0.4, -0.2) is 27.7 Å². The van der Waals surface area contributed by atoms with Gasteiger partial charge in [-0.2, -0.15) is 14.9 Å². The van der Waals surface area contributed by atoms with Crippen LogP contribution in [0.3, 0.4) is 0 Å². The Balaban J connectivity index is 2.05. The van der Waals surface area contributed by atoms with Gasteiger partial charge in [-0.05, 0) is 61.3 Å². The minimum absolute atomic E-state index is 0.351. The van der Waals surface area contributed by atoms with Gasteiger partial charge in [-0.25, -0.2) is 0 Å². The molecule has 6 heteroatoms. The van der Waals surface area contributed by atoms with Gasteiger partial charge in [-0.3, -0.25) is 5.10 Å². The molecule has 0 fully saturated rings. The third-order valence-corrected chi connectivity index (χ3v) is 4.51. The molecule has 5 nitrogen and oxygen atoms in total. The van der Waals surface area contributed by atoms with Crippen molar-refractivity contribution in [1.82, 2.24) is 14.9 Å². The van der Waals surface area contributed by atoms with Crippen molar-refractivity contribution in [2.45, 2.75) is 58.8 Å². The standard InChI is InChI=1S/C19H28N4OS/c1-4-7-8-13-24-17-11-9-15(10-12-17)14-20-23-18(16(5-2)6-3)21-22-19(23)25/h9-12,14,16H,4-8,13H2,1-3H3,(H,22,25)/b20-14-. The van der Waals surface area contributed by atoms with E-state index in [1.165, 1.54) is 12.8 Å². The maximum Gasteiger partial charge on any atom is 0.216 e. The second-order valence-electron chi connectivity index (χ2n) is 6.08. The molecule has 2 aromatic rings. The van der Waals surface area contributed by atoms with E-state index >= 15 is 0 Å². The Morgan fingerprint density at radius 3 is 2.56 bits per heavy atom. The Morgan fingerprint density at radius 2 is 1.92 bits per heavy atom. The van der Waals surface area contributed by atoms with Gasteiger partial charge >= 0.3 is 0 Å². The zero-order valence-electron chi connectivity index (χ0n) is 15.4. The SMILES string of the molecule is CCCCCOc1ccc(/C=N\n2c(C(CC)CC)n[nH]c2=S)cc1. The zero-order chi connectivity index (χ0) is 18.1. The molecular formula is C19H28N4OS. The van der Waals surface area contributed by atoms with Gasteiger partial charge in [0.15, 0.2) is 5.82 Å². The van der Waals surface area contributed by atoms with Crippen molar-refractivity contribution in [1.29, 1.82) is 0 Å². The van der Waals surface area contributed by atoms with Gasteiger partial charge in [-0.1, -0.05) is 33.6 Å². The van der Waals surface area contributed by atoms with Crippen LogP contribution in [0.1, 0.15) is 70.2 Å². The Morgan fingerprint density at radius 1 is 1.20 bits per heavy atom. The van der Waals surface area contributed by atoms with Crippen LogP contribution in [0, 0.1) is 4.77 Å². The molecule has 1 N–H and O–H groups in total. The fourth-order valence-corrected chi connectivity index (χ4v) is 2.84. The van der Waals surface area contributed by atoms with Crippen molar-refractivity contribution in [3.63, 3.8) is 0 Å². The number of aromatic nitrogens is 3. The minimum atomic E-state index is 0.351. The van der Waals surface area contributed by atoms with Crippen LogP contribution in [0.2, 0.25) is 0 Å². The second-order valence-corrected chi connectivity index (χ2v) is 6.47. The quantitative estimate of drug-likeness (QED) is 0.355. The lowest BCUT2D eigenvalue weighted by atomic mass is 10.0. The van der Waals surface area contributed by atoms with Crippen molar-refractivity contribution in [2.75, 3.05) is 6.61 Å². The largest absolute Gasteiger partial charge is 0.494 e. The van der Waals surface area contributed by atoms with Crippen LogP contribution >= 0.6 is 12.2 Å². The van der Waals surface area contributed by atoms with Crippen LogP contribution in [0.4, 0.5) is 0 Å². The highest BCUT2D eigenvalue weighted by molar-refractivity contribution is 7.71. The molecular weight excluding hydrogens is 332 g/mol. The molecule has 0 radical (unpaired) electrons. The molecule has 0 unspecified atom stereocenters. The predicted molar refractivity (Wildman–Crippen MR) is 105 cm³/mol. The van der Waals surface area contributed by atoms with Gasteiger partial charge in [0.1, 0.15) is 5.75 Å². The number of H-pyrrole nitrogens is 1. The van der Waals surface area contributed by atoms with Crippen LogP contribution < -0.4 is 4.74 Å². The number of nitrogens with zero attached hydrogens (tertiary/aromatic N) is 3. The normalized spacial score (nSPS) is 11.5. The van der Waals surface area contributed by atoms with Crippen molar-refractivity contribution in [3.8, 4) is 5.75 Å². The zero-order valence-corrected chi connectivity index (χ0v) is 16.2. The monoisotopic (exact) mass is 360 g/mol. The van der Waals surface area contributed by atoms with Crippen molar-refractivity contribution < 1.29 is 4.74 Å². The maximum absolute atomic E-state index is 5.73. The number of unbranched alkanes of at least 4 members (excludes halogenated alkanes) is 2. The second kappa shape index (κ2) is 10.1. The summed E-state index contributed by atoms with van der Waals surface area (Å²) in [4.78, 5) is 0. The number of rotatable bonds is 10. The van der Waals surface area contributed by atoms with Gasteiger partial charge in [-0.15, -0.1) is 0 Å². The molecule has 1 heterocycles. The highest BCUT2D eigenvalue weighted by atomic mass is 32.1. The lowest BCUT2D eigenvalue weighted by Crippen LogP contribution is -2.05. The van der Waals surface area contributed by atoms with Crippen LogP contribution in [-0.2, 0) is 0 Å². The average molecular weight is 361 g/mol. The molecule has 2 rings (SSSR count). The Labute approximate surface area is 155 Å². The first kappa shape index (κ1) is 19.4. The van der Waals surface area contributed by atoms with E-state index in [-0.39, 0.29) is 0 Å². The Kier molecular flexibility index (Phi) is 7.85. The Bertz CT molecular complexity index is 714. The first-order valence-electron chi connectivity index (χ1n) is 9.14. The molecule has 25 heavy (non-hydrogen) atoms.